The summed E-state index contributed by atoms with van der Waals surface area (Å²) >= 11 is 1.51. The van der Waals surface area contributed by atoms with E-state index in [0.717, 1.165) is 40.6 Å². The van der Waals surface area contributed by atoms with E-state index < -0.39 is 11.7 Å². The number of carbonyl (C=O) groups excluding carboxylic acids is 1. The first-order valence-electron chi connectivity index (χ1n) is 12.9. The van der Waals surface area contributed by atoms with E-state index in [1.807, 2.05) is 30.3 Å². The summed E-state index contributed by atoms with van der Waals surface area (Å²) in [4.78, 5) is 18.5. The Bertz CT molecular complexity index is 1460. The van der Waals surface area contributed by atoms with Crippen LogP contribution in [0.15, 0.2) is 90.0 Å². The maximum atomic E-state index is 13.4. The SMILES string of the molecule is COc1ccc(CSc2c(NCC(C)C)ccnc2C(=O)Nc2ccc(Oc3cccc(C(F)(F)F)c3)cc2)cc1. The van der Waals surface area contributed by atoms with Gasteiger partial charge in [0.25, 0.3) is 5.91 Å². The smallest absolute Gasteiger partial charge is 0.416 e. The highest BCUT2D eigenvalue weighted by molar-refractivity contribution is 7.98. The number of pyridine rings is 1. The Morgan fingerprint density at radius 1 is 0.951 bits per heavy atom. The molecule has 6 nitrogen and oxygen atoms in total. The summed E-state index contributed by atoms with van der Waals surface area (Å²) in [6.07, 6.45) is -2.87. The van der Waals surface area contributed by atoms with Crippen LogP contribution in [0, 0.1) is 5.92 Å². The summed E-state index contributed by atoms with van der Waals surface area (Å²) in [7, 11) is 1.62. The van der Waals surface area contributed by atoms with E-state index in [1.54, 1.807) is 37.6 Å². The van der Waals surface area contributed by atoms with Crippen molar-refractivity contribution in [1.29, 1.82) is 0 Å². The zero-order valence-electron chi connectivity index (χ0n) is 22.8. The number of carbonyl (C=O) groups is 1. The van der Waals surface area contributed by atoms with E-state index in [4.69, 9.17) is 9.47 Å². The lowest BCUT2D eigenvalue weighted by Gasteiger charge is -2.16. The zero-order chi connectivity index (χ0) is 29.4. The Morgan fingerprint density at radius 3 is 2.32 bits per heavy atom. The minimum Gasteiger partial charge on any atom is -0.497 e. The van der Waals surface area contributed by atoms with E-state index in [-0.39, 0.29) is 17.4 Å². The van der Waals surface area contributed by atoms with Gasteiger partial charge in [0.05, 0.1) is 23.3 Å². The molecule has 2 N–H and O–H groups in total. The van der Waals surface area contributed by atoms with Crippen LogP contribution in [0.25, 0.3) is 0 Å². The molecule has 1 amide bonds. The number of hydrogen-bond donors (Lipinski definition) is 2. The average Bonchev–Trinajstić information content (AvgIpc) is 2.96. The third-order valence-corrected chi connectivity index (χ3v) is 7.05. The number of nitrogens with one attached hydrogen (secondary N) is 2. The Hall–Kier alpha value is -4.18. The molecule has 0 aliphatic carbocycles. The van der Waals surface area contributed by atoms with Crippen LogP contribution >= 0.6 is 11.8 Å². The van der Waals surface area contributed by atoms with E-state index in [0.29, 0.717) is 23.1 Å². The van der Waals surface area contributed by atoms with E-state index in [9.17, 15) is 18.0 Å². The topological polar surface area (TPSA) is 72.5 Å². The summed E-state index contributed by atoms with van der Waals surface area (Å²) in [5.74, 6) is 1.79. The molecule has 0 unspecified atom stereocenters. The molecule has 3 aromatic carbocycles. The van der Waals surface area contributed by atoms with Gasteiger partial charge in [0.1, 0.15) is 22.9 Å². The molecule has 41 heavy (non-hydrogen) atoms. The van der Waals surface area contributed by atoms with Gasteiger partial charge in [-0.25, -0.2) is 4.98 Å². The van der Waals surface area contributed by atoms with Crippen LogP contribution < -0.4 is 20.1 Å². The van der Waals surface area contributed by atoms with Crippen molar-refractivity contribution in [3.05, 3.63) is 102 Å². The van der Waals surface area contributed by atoms with Crippen molar-refractivity contribution in [2.24, 2.45) is 5.92 Å². The van der Waals surface area contributed by atoms with Crippen LogP contribution in [0.1, 0.15) is 35.5 Å². The van der Waals surface area contributed by atoms with Crippen LogP contribution in [0.5, 0.6) is 17.2 Å². The van der Waals surface area contributed by atoms with Crippen molar-refractivity contribution in [3.8, 4) is 17.2 Å². The number of methoxy groups -OCH3 is 1. The van der Waals surface area contributed by atoms with E-state index in [1.165, 1.54) is 23.9 Å². The fourth-order valence-electron chi connectivity index (χ4n) is 3.76. The van der Waals surface area contributed by atoms with Crippen LogP contribution in [0.2, 0.25) is 0 Å². The molecule has 0 bridgehead atoms. The Morgan fingerprint density at radius 2 is 1.66 bits per heavy atom. The first-order chi connectivity index (χ1) is 19.6. The summed E-state index contributed by atoms with van der Waals surface area (Å²) < 4.78 is 49.8. The van der Waals surface area contributed by atoms with Gasteiger partial charge in [0.2, 0.25) is 0 Å². The normalized spacial score (nSPS) is 11.3. The van der Waals surface area contributed by atoms with Crippen molar-refractivity contribution in [1.82, 2.24) is 4.98 Å². The van der Waals surface area contributed by atoms with Crippen molar-refractivity contribution in [3.63, 3.8) is 0 Å². The van der Waals surface area contributed by atoms with E-state index in [2.05, 4.69) is 29.5 Å². The Kier molecular flexibility index (Phi) is 9.78. The molecule has 0 saturated heterocycles. The first kappa shape index (κ1) is 29.8. The van der Waals surface area contributed by atoms with Gasteiger partial charge in [-0.1, -0.05) is 32.0 Å². The molecule has 0 aliphatic rings. The summed E-state index contributed by atoms with van der Waals surface area (Å²) in [5, 5.41) is 6.28. The van der Waals surface area contributed by atoms with Crippen LogP contribution in [-0.4, -0.2) is 24.5 Å². The molecule has 10 heteroatoms. The number of aromatic nitrogens is 1. The number of alkyl halides is 3. The highest BCUT2D eigenvalue weighted by atomic mass is 32.2. The number of amides is 1. The quantitative estimate of drug-likeness (QED) is 0.173. The first-order valence-corrected chi connectivity index (χ1v) is 13.9. The van der Waals surface area contributed by atoms with Crippen molar-refractivity contribution in [2.75, 3.05) is 24.3 Å². The molecular formula is C31H30F3N3O3S. The third-order valence-electron chi connectivity index (χ3n) is 5.87. The van der Waals surface area contributed by atoms with Crippen molar-refractivity contribution in [2.45, 2.75) is 30.7 Å². The maximum absolute atomic E-state index is 13.4. The molecule has 214 valence electrons. The number of rotatable bonds is 11. The molecule has 1 heterocycles. The highest BCUT2D eigenvalue weighted by Gasteiger charge is 2.30. The molecule has 0 saturated carbocycles. The van der Waals surface area contributed by atoms with Gasteiger partial charge < -0.3 is 20.1 Å². The highest BCUT2D eigenvalue weighted by Crippen LogP contribution is 2.35. The van der Waals surface area contributed by atoms with E-state index >= 15 is 0 Å². The lowest BCUT2D eigenvalue weighted by Crippen LogP contribution is -2.17. The Labute approximate surface area is 241 Å². The number of halogens is 3. The third kappa shape index (κ3) is 8.40. The molecule has 4 rings (SSSR count). The Balaban J connectivity index is 1.49. The average molecular weight is 582 g/mol. The van der Waals surface area contributed by atoms with Crippen LogP contribution in [0.3, 0.4) is 0 Å². The number of hydrogen-bond acceptors (Lipinski definition) is 6. The molecule has 4 aromatic rings. The molecule has 0 atom stereocenters. The minimum absolute atomic E-state index is 0.0602. The number of anilines is 2. The van der Waals surface area contributed by atoms with Crippen molar-refractivity contribution >= 4 is 29.0 Å². The van der Waals surface area contributed by atoms with Gasteiger partial charge in [-0.05, 0) is 72.1 Å². The fourth-order valence-corrected chi connectivity index (χ4v) is 4.84. The van der Waals surface area contributed by atoms with Crippen LogP contribution in [0.4, 0.5) is 24.5 Å². The van der Waals surface area contributed by atoms with Gasteiger partial charge >= 0.3 is 6.18 Å². The molecule has 0 radical (unpaired) electrons. The molecule has 0 spiro atoms. The number of nitrogens with zero attached hydrogens (tertiary/aromatic N) is 1. The lowest BCUT2D eigenvalue weighted by molar-refractivity contribution is -0.137. The van der Waals surface area contributed by atoms with Gasteiger partial charge in [-0.15, -0.1) is 11.8 Å². The van der Waals surface area contributed by atoms with Crippen molar-refractivity contribution < 1.29 is 27.4 Å². The maximum Gasteiger partial charge on any atom is 0.416 e. The van der Waals surface area contributed by atoms with Crippen LogP contribution in [-0.2, 0) is 11.9 Å². The zero-order valence-corrected chi connectivity index (χ0v) is 23.6. The predicted molar refractivity (Wildman–Crippen MR) is 156 cm³/mol. The number of thioether (sulfide) groups is 1. The van der Waals surface area contributed by atoms with Gasteiger partial charge in [0, 0.05) is 24.2 Å². The van der Waals surface area contributed by atoms with Gasteiger partial charge in [-0.2, -0.15) is 13.2 Å². The summed E-state index contributed by atoms with van der Waals surface area (Å²) in [6, 6.07) is 20.6. The molecule has 0 aliphatic heterocycles. The molecule has 0 fully saturated rings. The number of benzene rings is 3. The minimum atomic E-state index is -4.46. The van der Waals surface area contributed by atoms with Gasteiger partial charge in [-0.3, -0.25) is 4.79 Å². The predicted octanol–water partition coefficient (Wildman–Crippen LogP) is 8.51. The monoisotopic (exact) mass is 581 g/mol. The second-order valence-electron chi connectivity index (χ2n) is 9.55. The summed E-state index contributed by atoms with van der Waals surface area (Å²) in [6.45, 7) is 4.94. The number of ether oxygens (including phenoxy) is 2. The van der Waals surface area contributed by atoms with Gasteiger partial charge in [0.15, 0.2) is 0 Å². The standard InChI is InChI=1S/C31H30F3N3O3S/c1-20(2)18-36-27-15-16-35-28(29(27)41-19-21-7-11-24(39-3)12-8-21)30(38)37-23-9-13-25(14-10-23)40-26-6-4-5-22(17-26)31(32,33)34/h4-17,20H,18-19H2,1-3H3,(H,35,36)(H,37,38). The second kappa shape index (κ2) is 13.5. The molecule has 1 aromatic heterocycles. The summed E-state index contributed by atoms with van der Waals surface area (Å²) in [5.41, 5.74) is 1.86. The lowest BCUT2D eigenvalue weighted by atomic mass is 10.2. The largest absolute Gasteiger partial charge is 0.497 e. The second-order valence-corrected chi connectivity index (χ2v) is 10.5. The fraction of sp³-hybridized carbons (Fsp3) is 0.226. The molecular weight excluding hydrogens is 551 g/mol.